The monoisotopic (exact) mass is 237 g/mol. The van der Waals surface area contributed by atoms with Gasteiger partial charge in [-0.25, -0.2) is 0 Å². The molecular weight excluding hydrogens is 218 g/mol. The average molecular weight is 237 g/mol. The van der Waals surface area contributed by atoms with Crippen molar-refractivity contribution < 1.29 is 9.90 Å². The summed E-state index contributed by atoms with van der Waals surface area (Å²) in [5.74, 6) is -0.182. The lowest BCUT2D eigenvalue weighted by molar-refractivity contribution is 0.0963. The topological polar surface area (TPSA) is 87.4 Å². The molecule has 0 spiro atoms. The van der Waals surface area contributed by atoms with Gasteiger partial charge in [-0.1, -0.05) is 6.92 Å². The van der Waals surface area contributed by atoms with Gasteiger partial charge in [0.05, 0.1) is 11.7 Å². The minimum Gasteiger partial charge on any atom is -0.399 e. The van der Waals surface area contributed by atoms with Crippen LogP contribution in [0.3, 0.4) is 0 Å². The number of benzene rings is 1. The van der Waals surface area contributed by atoms with Crippen LogP contribution in [-0.2, 0) is 0 Å². The number of hydrogen-bond donors (Lipinski definition) is 4. The Balaban J connectivity index is 2.87. The Bertz CT molecular complexity index is 393. The van der Waals surface area contributed by atoms with E-state index in [1.807, 2.05) is 6.92 Å². The van der Waals surface area contributed by atoms with Crippen LogP contribution in [0.25, 0.3) is 0 Å². The van der Waals surface area contributed by atoms with Crippen LogP contribution in [0, 0.1) is 0 Å². The third kappa shape index (κ3) is 3.64. The van der Waals surface area contributed by atoms with E-state index < -0.39 is 6.10 Å². The van der Waals surface area contributed by atoms with Gasteiger partial charge < -0.3 is 21.5 Å². The van der Waals surface area contributed by atoms with E-state index in [0.29, 0.717) is 29.9 Å². The molecule has 0 aliphatic heterocycles. The maximum atomic E-state index is 11.6. The maximum absolute atomic E-state index is 11.6. The van der Waals surface area contributed by atoms with Crippen molar-refractivity contribution in [3.05, 3.63) is 23.8 Å². The van der Waals surface area contributed by atoms with Crippen molar-refractivity contribution in [2.75, 3.05) is 24.6 Å². The molecular formula is C12H19N3O2. The number of rotatable bonds is 5. The Morgan fingerprint density at radius 2 is 2.24 bits per heavy atom. The maximum Gasteiger partial charge on any atom is 0.253 e. The van der Waals surface area contributed by atoms with E-state index in [9.17, 15) is 9.90 Å². The highest BCUT2D eigenvalue weighted by Gasteiger charge is 2.10. The van der Waals surface area contributed by atoms with Crippen molar-refractivity contribution in [3.63, 3.8) is 0 Å². The highest BCUT2D eigenvalue weighted by Crippen LogP contribution is 2.19. The van der Waals surface area contributed by atoms with Gasteiger partial charge in [-0.2, -0.15) is 0 Å². The lowest BCUT2D eigenvalue weighted by atomic mass is 10.1. The van der Waals surface area contributed by atoms with E-state index in [4.69, 9.17) is 5.73 Å². The second-order valence-electron chi connectivity index (χ2n) is 3.83. The van der Waals surface area contributed by atoms with Crippen LogP contribution in [0.5, 0.6) is 0 Å². The zero-order valence-electron chi connectivity index (χ0n) is 10.2. The van der Waals surface area contributed by atoms with E-state index in [1.54, 1.807) is 25.2 Å². The largest absolute Gasteiger partial charge is 0.399 e. The van der Waals surface area contributed by atoms with Gasteiger partial charge in [-0.05, 0) is 24.6 Å². The predicted octanol–water partition coefficient (Wildman–Crippen LogP) is 0.811. The van der Waals surface area contributed by atoms with Crippen molar-refractivity contribution in [1.82, 2.24) is 5.32 Å². The number of amides is 1. The fourth-order valence-electron chi connectivity index (χ4n) is 1.41. The Morgan fingerprint density at radius 1 is 1.53 bits per heavy atom. The van der Waals surface area contributed by atoms with Crippen molar-refractivity contribution in [3.8, 4) is 0 Å². The SMILES string of the molecule is CCC(O)CNc1cc(N)ccc1C(=O)NC. The normalized spacial score (nSPS) is 11.9. The molecule has 5 nitrogen and oxygen atoms in total. The summed E-state index contributed by atoms with van der Waals surface area (Å²) in [6, 6.07) is 5.02. The first-order chi connectivity index (χ1) is 8.08. The molecule has 0 aliphatic rings. The summed E-state index contributed by atoms with van der Waals surface area (Å²) in [6.07, 6.45) is 0.221. The Morgan fingerprint density at radius 3 is 2.82 bits per heavy atom. The van der Waals surface area contributed by atoms with Crippen LogP contribution < -0.4 is 16.4 Å². The summed E-state index contributed by atoms with van der Waals surface area (Å²) in [4.78, 5) is 11.6. The number of aliphatic hydroxyl groups is 1. The summed E-state index contributed by atoms with van der Waals surface area (Å²) < 4.78 is 0. The quantitative estimate of drug-likeness (QED) is 0.571. The highest BCUT2D eigenvalue weighted by molar-refractivity contribution is 6.00. The van der Waals surface area contributed by atoms with E-state index in [-0.39, 0.29) is 5.91 Å². The van der Waals surface area contributed by atoms with E-state index >= 15 is 0 Å². The third-order valence-electron chi connectivity index (χ3n) is 2.51. The molecule has 94 valence electrons. The van der Waals surface area contributed by atoms with Gasteiger partial charge in [0.1, 0.15) is 0 Å². The second-order valence-corrected chi connectivity index (χ2v) is 3.83. The van der Waals surface area contributed by atoms with Gasteiger partial charge >= 0.3 is 0 Å². The number of hydrogen-bond acceptors (Lipinski definition) is 4. The molecule has 0 bridgehead atoms. The first-order valence-corrected chi connectivity index (χ1v) is 5.62. The first kappa shape index (κ1) is 13.3. The third-order valence-corrected chi connectivity index (χ3v) is 2.51. The van der Waals surface area contributed by atoms with Gasteiger partial charge in [0.25, 0.3) is 5.91 Å². The zero-order valence-corrected chi connectivity index (χ0v) is 10.2. The molecule has 1 unspecified atom stereocenters. The molecule has 5 N–H and O–H groups in total. The van der Waals surface area contributed by atoms with E-state index in [1.165, 1.54) is 0 Å². The summed E-state index contributed by atoms with van der Waals surface area (Å²) >= 11 is 0. The van der Waals surface area contributed by atoms with E-state index in [0.717, 1.165) is 0 Å². The molecule has 1 rings (SSSR count). The second kappa shape index (κ2) is 6.10. The molecule has 1 aromatic rings. The lowest BCUT2D eigenvalue weighted by Crippen LogP contribution is -2.23. The molecule has 0 fully saturated rings. The van der Waals surface area contributed by atoms with Crippen LogP contribution in [-0.4, -0.2) is 30.7 Å². The predicted molar refractivity (Wildman–Crippen MR) is 69.0 cm³/mol. The van der Waals surface area contributed by atoms with Crippen LogP contribution in [0.2, 0.25) is 0 Å². The number of aliphatic hydroxyl groups excluding tert-OH is 1. The number of anilines is 2. The van der Waals surface area contributed by atoms with Gasteiger partial charge in [0, 0.05) is 25.0 Å². The zero-order chi connectivity index (χ0) is 12.8. The molecule has 1 atom stereocenters. The number of nitrogens with two attached hydrogens (primary N) is 1. The number of carbonyl (C=O) groups is 1. The molecule has 1 amide bonds. The van der Waals surface area contributed by atoms with Gasteiger partial charge in [0.15, 0.2) is 0 Å². The number of nitrogen functional groups attached to an aromatic ring is 1. The standard InChI is InChI=1S/C12H19N3O2/c1-3-9(16)7-15-11-6-8(13)4-5-10(11)12(17)14-2/h4-6,9,15-16H,3,7,13H2,1-2H3,(H,14,17). The molecule has 0 radical (unpaired) electrons. The first-order valence-electron chi connectivity index (χ1n) is 5.62. The molecule has 0 aliphatic carbocycles. The summed E-state index contributed by atoms with van der Waals surface area (Å²) in [7, 11) is 1.57. The van der Waals surface area contributed by atoms with Crippen molar-refractivity contribution in [2.24, 2.45) is 0 Å². The number of nitrogens with one attached hydrogen (secondary N) is 2. The molecule has 0 heterocycles. The lowest BCUT2D eigenvalue weighted by Gasteiger charge is -2.14. The van der Waals surface area contributed by atoms with E-state index in [2.05, 4.69) is 10.6 Å². The average Bonchev–Trinajstić information content (AvgIpc) is 2.35. The molecule has 17 heavy (non-hydrogen) atoms. The van der Waals surface area contributed by atoms with Gasteiger partial charge in [-0.15, -0.1) is 0 Å². The molecule has 5 heteroatoms. The van der Waals surface area contributed by atoms with Crippen LogP contribution in [0.4, 0.5) is 11.4 Å². The summed E-state index contributed by atoms with van der Waals surface area (Å²) in [6.45, 7) is 2.29. The summed E-state index contributed by atoms with van der Waals surface area (Å²) in [5.41, 5.74) is 7.40. The van der Waals surface area contributed by atoms with Crippen molar-refractivity contribution >= 4 is 17.3 Å². The summed E-state index contributed by atoms with van der Waals surface area (Å²) in [5, 5.41) is 15.1. The van der Waals surface area contributed by atoms with Crippen molar-refractivity contribution in [2.45, 2.75) is 19.4 Å². The Kier molecular flexibility index (Phi) is 4.78. The molecule has 0 saturated heterocycles. The Hall–Kier alpha value is -1.75. The van der Waals surface area contributed by atoms with Crippen LogP contribution >= 0.6 is 0 Å². The Labute approximate surface area is 101 Å². The fourth-order valence-corrected chi connectivity index (χ4v) is 1.41. The molecule has 0 aromatic heterocycles. The highest BCUT2D eigenvalue weighted by atomic mass is 16.3. The minimum atomic E-state index is -0.436. The molecule has 0 saturated carbocycles. The minimum absolute atomic E-state index is 0.182. The van der Waals surface area contributed by atoms with Crippen molar-refractivity contribution in [1.29, 1.82) is 0 Å². The molecule has 1 aromatic carbocycles. The van der Waals surface area contributed by atoms with Gasteiger partial charge in [0.2, 0.25) is 0 Å². The van der Waals surface area contributed by atoms with Crippen LogP contribution in [0.15, 0.2) is 18.2 Å². The number of carbonyl (C=O) groups excluding carboxylic acids is 1. The fraction of sp³-hybridized carbons (Fsp3) is 0.417. The smallest absolute Gasteiger partial charge is 0.253 e. The van der Waals surface area contributed by atoms with Crippen LogP contribution in [0.1, 0.15) is 23.7 Å². The van der Waals surface area contributed by atoms with Gasteiger partial charge in [-0.3, -0.25) is 4.79 Å².